The van der Waals surface area contributed by atoms with Crippen molar-refractivity contribution in [3.63, 3.8) is 0 Å². The van der Waals surface area contributed by atoms with Crippen LogP contribution >= 0.6 is 0 Å². The summed E-state index contributed by atoms with van der Waals surface area (Å²) in [6.45, 7) is -0.933. The average molecular weight is 271 g/mol. The van der Waals surface area contributed by atoms with Crippen molar-refractivity contribution < 1.29 is 22.3 Å². The zero-order valence-electron chi connectivity index (χ0n) is 9.62. The van der Waals surface area contributed by atoms with Crippen LogP contribution in [0.25, 0.3) is 11.3 Å². The quantitative estimate of drug-likeness (QED) is 0.785. The Morgan fingerprint density at radius 2 is 1.68 bits per heavy atom. The van der Waals surface area contributed by atoms with Crippen LogP contribution in [0.2, 0.25) is 0 Å². The molecular weight excluding hydrogens is 262 g/mol. The van der Waals surface area contributed by atoms with E-state index in [1.165, 1.54) is 18.2 Å². The first-order valence-corrected chi connectivity index (χ1v) is 5.33. The highest BCUT2D eigenvalue weighted by molar-refractivity contribution is 5.60. The maximum atomic E-state index is 12.4. The molecule has 0 unspecified atom stereocenters. The number of pyridine rings is 1. The fourth-order valence-corrected chi connectivity index (χ4v) is 1.52. The van der Waals surface area contributed by atoms with E-state index in [-0.39, 0.29) is 0 Å². The van der Waals surface area contributed by atoms with Gasteiger partial charge in [-0.05, 0) is 36.4 Å². The lowest BCUT2D eigenvalue weighted by atomic mass is 10.1. The number of nitrogens with zero attached hydrogens (tertiary/aromatic N) is 1. The van der Waals surface area contributed by atoms with Crippen molar-refractivity contribution in [3.8, 4) is 17.0 Å². The molecule has 1 aromatic carbocycles. The van der Waals surface area contributed by atoms with Gasteiger partial charge in [-0.2, -0.15) is 13.2 Å². The SMILES string of the molecule is FCOc1ccc(-c2ccc(C(F)(F)F)cn2)cc1. The molecule has 0 aliphatic carbocycles. The molecule has 0 aliphatic heterocycles. The molecular formula is C13H9F4NO. The first kappa shape index (κ1) is 13.3. The molecule has 1 aromatic heterocycles. The minimum absolute atomic E-state index is 0.346. The summed E-state index contributed by atoms with van der Waals surface area (Å²) < 4.78 is 53.6. The molecule has 0 bridgehead atoms. The van der Waals surface area contributed by atoms with Gasteiger partial charge in [0.1, 0.15) is 5.75 Å². The number of ether oxygens (including phenoxy) is 1. The Morgan fingerprint density at radius 3 is 2.16 bits per heavy atom. The topological polar surface area (TPSA) is 22.1 Å². The van der Waals surface area contributed by atoms with E-state index in [9.17, 15) is 17.6 Å². The van der Waals surface area contributed by atoms with Gasteiger partial charge >= 0.3 is 6.18 Å². The van der Waals surface area contributed by atoms with E-state index < -0.39 is 18.6 Å². The predicted octanol–water partition coefficient (Wildman–Crippen LogP) is 4.07. The third-order valence-electron chi connectivity index (χ3n) is 2.46. The summed E-state index contributed by atoms with van der Waals surface area (Å²) in [7, 11) is 0. The van der Waals surface area contributed by atoms with Gasteiger partial charge in [-0.25, -0.2) is 4.39 Å². The smallest absolute Gasteiger partial charge is 0.417 e. The van der Waals surface area contributed by atoms with E-state index in [2.05, 4.69) is 9.72 Å². The number of alkyl halides is 4. The molecule has 0 atom stereocenters. The Hall–Kier alpha value is -2.11. The zero-order valence-corrected chi connectivity index (χ0v) is 9.62. The highest BCUT2D eigenvalue weighted by Crippen LogP contribution is 2.30. The molecule has 6 heteroatoms. The lowest BCUT2D eigenvalue weighted by Crippen LogP contribution is -2.05. The number of halogens is 4. The first-order chi connectivity index (χ1) is 9.00. The molecule has 0 N–H and O–H groups in total. The summed E-state index contributed by atoms with van der Waals surface area (Å²) in [4.78, 5) is 3.76. The molecule has 100 valence electrons. The Labute approximate surface area is 106 Å². The van der Waals surface area contributed by atoms with Crippen LogP contribution in [-0.4, -0.2) is 11.8 Å². The highest BCUT2D eigenvalue weighted by Gasteiger charge is 2.30. The van der Waals surface area contributed by atoms with Crippen molar-refractivity contribution in [1.82, 2.24) is 4.98 Å². The standard InChI is InChI=1S/C13H9F4NO/c14-8-19-11-4-1-9(2-5-11)12-6-3-10(7-18-12)13(15,16)17/h1-7H,8H2. The van der Waals surface area contributed by atoms with Crippen molar-refractivity contribution in [2.24, 2.45) is 0 Å². The monoisotopic (exact) mass is 271 g/mol. The molecule has 0 amide bonds. The van der Waals surface area contributed by atoms with Crippen molar-refractivity contribution in [2.45, 2.75) is 6.18 Å². The van der Waals surface area contributed by atoms with Crippen LogP contribution in [0.15, 0.2) is 42.6 Å². The molecule has 0 saturated heterocycles. The molecule has 0 fully saturated rings. The summed E-state index contributed by atoms with van der Waals surface area (Å²) in [5, 5.41) is 0. The van der Waals surface area contributed by atoms with Crippen molar-refractivity contribution >= 4 is 0 Å². The second-order valence-electron chi connectivity index (χ2n) is 3.71. The van der Waals surface area contributed by atoms with E-state index in [0.29, 0.717) is 17.0 Å². The van der Waals surface area contributed by atoms with Crippen LogP contribution in [0.1, 0.15) is 5.56 Å². The van der Waals surface area contributed by atoms with Crippen molar-refractivity contribution in [1.29, 1.82) is 0 Å². The van der Waals surface area contributed by atoms with Crippen molar-refractivity contribution in [3.05, 3.63) is 48.2 Å². The number of aromatic nitrogens is 1. The Morgan fingerprint density at radius 1 is 1.00 bits per heavy atom. The summed E-state index contributed by atoms with van der Waals surface area (Å²) in [6, 6.07) is 8.49. The third kappa shape index (κ3) is 3.21. The van der Waals surface area contributed by atoms with E-state index >= 15 is 0 Å². The number of benzene rings is 1. The average Bonchev–Trinajstić information content (AvgIpc) is 2.39. The van der Waals surface area contributed by atoms with Gasteiger partial charge in [0.15, 0.2) is 0 Å². The van der Waals surface area contributed by atoms with Crippen LogP contribution in [0.5, 0.6) is 5.75 Å². The van der Waals surface area contributed by atoms with Crippen molar-refractivity contribution in [2.75, 3.05) is 6.86 Å². The molecule has 19 heavy (non-hydrogen) atoms. The minimum Gasteiger partial charge on any atom is -0.463 e. The molecule has 1 heterocycles. The van der Waals surface area contributed by atoms with Gasteiger partial charge in [0.25, 0.3) is 0 Å². The number of hydrogen-bond donors (Lipinski definition) is 0. The Kier molecular flexibility index (Phi) is 3.69. The molecule has 0 aliphatic rings. The predicted molar refractivity (Wildman–Crippen MR) is 61.3 cm³/mol. The summed E-state index contributed by atoms with van der Waals surface area (Å²) >= 11 is 0. The largest absolute Gasteiger partial charge is 0.463 e. The van der Waals surface area contributed by atoms with Gasteiger partial charge < -0.3 is 4.74 Å². The normalized spacial score (nSPS) is 11.4. The van der Waals surface area contributed by atoms with E-state index in [0.717, 1.165) is 12.3 Å². The summed E-state index contributed by atoms with van der Waals surface area (Å²) in [5.41, 5.74) is 0.230. The van der Waals surface area contributed by atoms with Gasteiger partial charge in [-0.15, -0.1) is 0 Å². The van der Waals surface area contributed by atoms with Crippen LogP contribution in [-0.2, 0) is 6.18 Å². The highest BCUT2D eigenvalue weighted by atomic mass is 19.4. The van der Waals surface area contributed by atoms with Crippen LogP contribution < -0.4 is 4.74 Å². The van der Waals surface area contributed by atoms with Gasteiger partial charge in [0.05, 0.1) is 11.3 Å². The number of rotatable bonds is 3. The van der Waals surface area contributed by atoms with E-state index in [4.69, 9.17) is 0 Å². The third-order valence-corrected chi connectivity index (χ3v) is 2.46. The fraction of sp³-hybridized carbons (Fsp3) is 0.154. The fourth-order valence-electron chi connectivity index (χ4n) is 1.52. The van der Waals surface area contributed by atoms with Crippen LogP contribution in [0, 0.1) is 0 Å². The summed E-state index contributed by atoms with van der Waals surface area (Å²) in [5.74, 6) is 0.346. The molecule has 2 rings (SSSR count). The minimum atomic E-state index is -4.40. The van der Waals surface area contributed by atoms with Crippen LogP contribution in [0.3, 0.4) is 0 Å². The Balaban J connectivity index is 2.22. The number of hydrogen-bond acceptors (Lipinski definition) is 2. The van der Waals surface area contributed by atoms with E-state index in [1.807, 2.05) is 0 Å². The van der Waals surface area contributed by atoms with Gasteiger partial charge in [-0.3, -0.25) is 4.98 Å². The lowest BCUT2D eigenvalue weighted by Gasteiger charge is -2.07. The Bertz CT molecular complexity index is 534. The van der Waals surface area contributed by atoms with Gasteiger partial charge in [0.2, 0.25) is 6.86 Å². The van der Waals surface area contributed by atoms with Gasteiger partial charge in [-0.1, -0.05) is 0 Å². The molecule has 2 nitrogen and oxygen atoms in total. The maximum Gasteiger partial charge on any atom is 0.417 e. The van der Waals surface area contributed by atoms with Crippen LogP contribution in [0.4, 0.5) is 17.6 Å². The van der Waals surface area contributed by atoms with E-state index in [1.54, 1.807) is 12.1 Å². The zero-order chi connectivity index (χ0) is 13.9. The molecule has 2 aromatic rings. The lowest BCUT2D eigenvalue weighted by molar-refractivity contribution is -0.137. The molecule has 0 spiro atoms. The molecule has 0 saturated carbocycles. The van der Waals surface area contributed by atoms with Gasteiger partial charge in [0, 0.05) is 11.8 Å². The second-order valence-corrected chi connectivity index (χ2v) is 3.71. The first-order valence-electron chi connectivity index (χ1n) is 5.33. The second kappa shape index (κ2) is 5.26. The summed E-state index contributed by atoms with van der Waals surface area (Å²) in [6.07, 6.45) is -3.62. The molecule has 0 radical (unpaired) electrons. The maximum absolute atomic E-state index is 12.4.